The minimum atomic E-state index is 0.0607. The molecule has 0 saturated heterocycles. The van der Waals surface area contributed by atoms with Crippen LogP contribution in [0.15, 0.2) is 48.5 Å². The van der Waals surface area contributed by atoms with Gasteiger partial charge in [0.05, 0.1) is 11.0 Å². The number of hydrogen-bond donors (Lipinski definition) is 2. The summed E-state index contributed by atoms with van der Waals surface area (Å²) >= 11 is 0. The Morgan fingerprint density at radius 3 is 2.65 bits per heavy atom. The molecule has 0 spiro atoms. The first kappa shape index (κ1) is 12.9. The molecule has 0 aliphatic rings. The van der Waals surface area contributed by atoms with Crippen molar-refractivity contribution >= 4 is 11.0 Å². The molecule has 1 unspecified atom stereocenters. The summed E-state index contributed by atoms with van der Waals surface area (Å²) in [6, 6.07) is 16.5. The van der Waals surface area contributed by atoms with Gasteiger partial charge >= 0.3 is 0 Å². The van der Waals surface area contributed by atoms with E-state index in [2.05, 4.69) is 47.2 Å². The van der Waals surface area contributed by atoms with Crippen molar-refractivity contribution in [1.82, 2.24) is 9.97 Å². The zero-order valence-electron chi connectivity index (χ0n) is 11.6. The topological polar surface area (TPSA) is 54.7 Å². The smallest absolute Gasteiger partial charge is 0.107 e. The monoisotopic (exact) mass is 265 g/mol. The predicted molar refractivity (Wildman–Crippen MR) is 82.5 cm³/mol. The molecular weight excluding hydrogens is 246 g/mol. The number of H-pyrrole nitrogens is 1. The van der Waals surface area contributed by atoms with Crippen molar-refractivity contribution in [3.63, 3.8) is 0 Å². The molecule has 102 valence electrons. The lowest BCUT2D eigenvalue weighted by atomic mass is 10.0. The maximum atomic E-state index is 6.23. The number of para-hydroxylation sites is 1. The first-order chi connectivity index (χ1) is 9.74. The molecule has 0 saturated carbocycles. The fourth-order valence-corrected chi connectivity index (χ4v) is 2.50. The molecule has 0 bridgehead atoms. The Bertz CT molecular complexity index is 701. The van der Waals surface area contributed by atoms with Crippen molar-refractivity contribution in [3.8, 4) is 0 Å². The Balaban J connectivity index is 1.72. The van der Waals surface area contributed by atoms with Crippen LogP contribution in [-0.2, 0) is 6.42 Å². The summed E-state index contributed by atoms with van der Waals surface area (Å²) in [5, 5.41) is 0. The van der Waals surface area contributed by atoms with Gasteiger partial charge < -0.3 is 10.7 Å². The van der Waals surface area contributed by atoms with E-state index in [4.69, 9.17) is 5.73 Å². The number of imidazole rings is 1. The van der Waals surface area contributed by atoms with Gasteiger partial charge in [0, 0.05) is 12.5 Å². The molecule has 20 heavy (non-hydrogen) atoms. The summed E-state index contributed by atoms with van der Waals surface area (Å²) in [6.45, 7) is 2.09. The highest BCUT2D eigenvalue weighted by molar-refractivity contribution is 5.78. The Labute approximate surface area is 118 Å². The quantitative estimate of drug-likeness (QED) is 0.758. The van der Waals surface area contributed by atoms with Crippen LogP contribution in [0.25, 0.3) is 11.0 Å². The Morgan fingerprint density at radius 1 is 1.10 bits per heavy atom. The molecule has 3 nitrogen and oxygen atoms in total. The number of fused-ring (bicyclic) bond motifs is 1. The average molecular weight is 265 g/mol. The van der Waals surface area contributed by atoms with Crippen LogP contribution in [0.2, 0.25) is 0 Å². The summed E-state index contributed by atoms with van der Waals surface area (Å²) in [6.07, 6.45) is 1.76. The molecule has 3 heteroatoms. The molecule has 3 rings (SSSR count). The van der Waals surface area contributed by atoms with Gasteiger partial charge in [0.15, 0.2) is 0 Å². The van der Waals surface area contributed by atoms with E-state index in [9.17, 15) is 0 Å². The van der Waals surface area contributed by atoms with Crippen LogP contribution >= 0.6 is 0 Å². The standard InChI is InChI=1S/C17H19N3/c1-12-6-5-9-15-17(12)20-16(19-15)11-10-14(18)13-7-3-2-4-8-13/h2-9,14H,10-11,18H2,1H3,(H,19,20). The largest absolute Gasteiger partial charge is 0.342 e. The molecule has 1 atom stereocenters. The molecule has 1 aromatic heterocycles. The Hall–Kier alpha value is -2.13. The SMILES string of the molecule is Cc1cccc2[nH]c(CCC(N)c3ccccc3)nc12. The number of nitrogens with two attached hydrogens (primary N) is 1. The van der Waals surface area contributed by atoms with Crippen LogP contribution in [-0.4, -0.2) is 9.97 Å². The van der Waals surface area contributed by atoms with Crippen LogP contribution in [0.1, 0.15) is 29.4 Å². The molecule has 0 fully saturated rings. The summed E-state index contributed by atoms with van der Waals surface area (Å²) in [5.74, 6) is 1.01. The van der Waals surface area contributed by atoms with E-state index in [0.29, 0.717) is 0 Å². The van der Waals surface area contributed by atoms with E-state index in [0.717, 1.165) is 29.7 Å². The van der Waals surface area contributed by atoms with Crippen molar-refractivity contribution in [3.05, 3.63) is 65.5 Å². The van der Waals surface area contributed by atoms with Crippen LogP contribution in [0, 0.1) is 6.92 Å². The molecule has 0 radical (unpaired) electrons. The molecule has 3 aromatic rings. The van der Waals surface area contributed by atoms with E-state index in [1.807, 2.05) is 18.2 Å². The van der Waals surface area contributed by atoms with E-state index in [1.54, 1.807) is 0 Å². The third kappa shape index (κ3) is 2.58. The number of rotatable bonds is 4. The fourth-order valence-electron chi connectivity index (χ4n) is 2.50. The van der Waals surface area contributed by atoms with Crippen LogP contribution in [0.3, 0.4) is 0 Å². The van der Waals surface area contributed by atoms with Gasteiger partial charge in [-0.1, -0.05) is 42.5 Å². The highest BCUT2D eigenvalue weighted by Crippen LogP contribution is 2.19. The van der Waals surface area contributed by atoms with E-state index < -0.39 is 0 Å². The maximum Gasteiger partial charge on any atom is 0.107 e. The van der Waals surface area contributed by atoms with Crippen molar-refractivity contribution in [2.24, 2.45) is 5.73 Å². The summed E-state index contributed by atoms with van der Waals surface area (Å²) < 4.78 is 0. The average Bonchev–Trinajstić information content (AvgIpc) is 2.90. The normalized spacial score (nSPS) is 12.7. The van der Waals surface area contributed by atoms with Gasteiger partial charge in [0.1, 0.15) is 5.82 Å². The molecule has 0 amide bonds. The zero-order valence-corrected chi connectivity index (χ0v) is 11.6. The summed E-state index contributed by atoms with van der Waals surface area (Å²) in [5.41, 5.74) is 10.8. The molecule has 1 heterocycles. The van der Waals surface area contributed by atoms with Crippen molar-refractivity contribution in [2.75, 3.05) is 0 Å². The molecule has 0 aliphatic carbocycles. The van der Waals surface area contributed by atoms with Crippen molar-refractivity contribution in [1.29, 1.82) is 0 Å². The fraction of sp³-hybridized carbons (Fsp3) is 0.235. The van der Waals surface area contributed by atoms with Crippen LogP contribution in [0.5, 0.6) is 0 Å². The first-order valence-corrected chi connectivity index (χ1v) is 6.99. The molecular formula is C17H19N3. The summed E-state index contributed by atoms with van der Waals surface area (Å²) in [7, 11) is 0. The third-order valence-corrected chi connectivity index (χ3v) is 3.68. The highest BCUT2D eigenvalue weighted by atomic mass is 14.9. The number of aryl methyl sites for hydroxylation is 2. The second kappa shape index (κ2) is 5.47. The van der Waals surface area contributed by atoms with Gasteiger partial charge in [-0.3, -0.25) is 0 Å². The Morgan fingerprint density at radius 2 is 1.90 bits per heavy atom. The number of nitrogens with one attached hydrogen (secondary N) is 1. The number of nitrogens with zero attached hydrogens (tertiary/aromatic N) is 1. The molecule has 0 aliphatic heterocycles. The molecule has 2 aromatic carbocycles. The second-order valence-electron chi connectivity index (χ2n) is 5.21. The minimum absolute atomic E-state index is 0.0607. The van der Waals surface area contributed by atoms with Gasteiger partial charge in [-0.05, 0) is 30.5 Å². The van der Waals surface area contributed by atoms with Crippen LogP contribution in [0.4, 0.5) is 0 Å². The zero-order chi connectivity index (χ0) is 13.9. The van der Waals surface area contributed by atoms with E-state index in [1.165, 1.54) is 11.1 Å². The highest BCUT2D eigenvalue weighted by Gasteiger charge is 2.09. The van der Waals surface area contributed by atoms with Crippen LogP contribution < -0.4 is 5.73 Å². The minimum Gasteiger partial charge on any atom is -0.342 e. The lowest BCUT2D eigenvalue weighted by Gasteiger charge is -2.10. The number of aromatic amines is 1. The lowest BCUT2D eigenvalue weighted by Crippen LogP contribution is -2.11. The van der Waals surface area contributed by atoms with Crippen molar-refractivity contribution in [2.45, 2.75) is 25.8 Å². The number of aromatic nitrogens is 2. The van der Waals surface area contributed by atoms with Gasteiger partial charge in [-0.15, -0.1) is 0 Å². The van der Waals surface area contributed by atoms with E-state index in [-0.39, 0.29) is 6.04 Å². The Kier molecular flexibility index (Phi) is 3.52. The maximum absolute atomic E-state index is 6.23. The molecule has 3 N–H and O–H groups in total. The van der Waals surface area contributed by atoms with Crippen molar-refractivity contribution < 1.29 is 0 Å². The predicted octanol–water partition coefficient (Wildman–Crippen LogP) is 3.50. The first-order valence-electron chi connectivity index (χ1n) is 6.99. The lowest BCUT2D eigenvalue weighted by molar-refractivity contribution is 0.639. The van der Waals surface area contributed by atoms with E-state index >= 15 is 0 Å². The second-order valence-corrected chi connectivity index (χ2v) is 5.21. The number of benzene rings is 2. The van der Waals surface area contributed by atoms with Gasteiger partial charge in [0.2, 0.25) is 0 Å². The van der Waals surface area contributed by atoms with Gasteiger partial charge in [-0.25, -0.2) is 4.98 Å². The number of hydrogen-bond acceptors (Lipinski definition) is 2. The van der Waals surface area contributed by atoms with Gasteiger partial charge in [-0.2, -0.15) is 0 Å². The third-order valence-electron chi connectivity index (χ3n) is 3.68. The summed E-state index contributed by atoms with van der Waals surface area (Å²) in [4.78, 5) is 8.04. The van der Waals surface area contributed by atoms with Gasteiger partial charge in [0.25, 0.3) is 0 Å².